The lowest BCUT2D eigenvalue weighted by Crippen LogP contribution is -2.45. The molecule has 29 heavy (non-hydrogen) atoms. The summed E-state index contributed by atoms with van der Waals surface area (Å²) in [7, 11) is 0. The zero-order chi connectivity index (χ0) is 21.0. The zero-order valence-electron chi connectivity index (χ0n) is 15.8. The van der Waals surface area contributed by atoms with Crippen LogP contribution in [-0.2, 0) is 26.5 Å². The molecule has 0 saturated heterocycles. The van der Waals surface area contributed by atoms with Gasteiger partial charge in [-0.1, -0.05) is 51.3 Å². The van der Waals surface area contributed by atoms with Crippen LogP contribution in [0.1, 0.15) is 29.7 Å². The van der Waals surface area contributed by atoms with Gasteiger partial charge in [-0.3, -0.25) is 4.79 Å². The van der Waals surface area contributed by atoms with E-state index in [1.165, 1.54) is 11.8 Å². The summed E-state index contributed by atoms with van der Waals surface area (Å²) in [4.78, 5) is 27.3. The molecule has 0 radical (unpaired) electrons. The van der Waals surface area contributed by atoms with Crippen molar-refractivity contribution in [1.82, 2.24) is 4.90 Å². The maximum atomic E-state index is 13.0. The van der Waals surface area contributed by atoms with Crippen LogP contribution in [0.5, 0.6) is 0 Å². The molecule has 0 aliphatic carbocycles. The Balaban J connectivity index is 1.72. The predicted molar refractivity (Wildman–Crippen MR) is 122 cm³/mol. The molecule has 0 bridgehead atoms. The van der Waals surface area contributed by atoms with E-state index >= 15 is 0 Å². The summed E-state index contributed by atoms with van der Waals surface area (Å²) < 4.78 is 6.22. The van der Waals surface area contributed by atoms with Gasteiger partial charge in [0.1, 0.15) is 0 Å². The first-order chi connectivity index (χ1) is 13.9. The molecule has 1 aliphatic heterocycles. The number of carbonyl (C=O) groups is 2. The minimum Gasteiger partial charge on any atom is -0.464 e. The minimum atomic E-state index is -0.709. The van der Waals surface area contributed by atoms with Gasteiger partial charge in [-0.15, -0.1) is 11.8 Å². The van der Waals surface area contributed by atoms with E-state index in [9.17, 15) is 9.59 Å². The van der Waals surface area contributed by atoms with Crippen LogP contribution >= 0.6 is 50.9 Å². The Bertz CT molecular complexity index is 925. The summed E-state index contributed by atoms with van der Waals surface area (Å²) in [6.45, 7) is 2.52. The van der Waals surface area contributed by atoms with Crippen LogP contribution in [0.25, 0.3) is 0 Å². The molecule has 0 N–H and O–H groups in total. The van der Waals surface area contributed by atoms with Gasteiger partial charge in [0.15, 0.2) is 6.04 Å². The van der Waals surface area contributed by atoms with Crippen molar-refractivity contribution in [2.24, 2.45) is 0 Å². The van der Waals surface area contributed by atoms with Gasteiger partial charge in [-0.05, 0) is 54.3 Å². The molecule has 2 aromatic rings. The lowest BCUT2D eigenvalue weighted by molar-refractivity contribution is -0.155. The molecule has 0 saturated carbocycles. The summed E-state index contributed by atoms with van der Waals surface area (Å²) in [5.41, 5.74) is 2.81. The number of fused-ring (bicyclic) bond motifs is 1. The molecular weight excluding hydrogens is 497 g/mol. The molecule has 1 amide bonds. The Kier molecular flexibility index (Phi) is 7.91. The van der Waals surface area contributed by atoms with Crippen LogP contribution in [0.4, 0.5) is 0 Å². The molecule has 8 heteroatoms. The monoisotopic (exact) mass is 515 g/mol. The quantitative estimate of drug-likeness (QED) is 0.463. The van der Waals surface area contributed by atoms with E-state index in [0.717, 1.165) is 21.2 Å². The Labute approximate surface area is 193 Å². The van der Waals surface area contributed by atoms with Crippen molar-refractivity contribution in [3.8, 4) is 0 Å². The lowest BCUT2D eigenvalue weighted by atomic mass is 9.92. The summed E-state index contributed by atoms with van der Waals surface area (Å²) in [5, 5.41) is 1.16. The molecule has 0 aromatic heterocycles. The summed E-state index contributed by atoms with van der Waals surface area (Å²) in [6.07, 6.45) is 0.699. The number of hydrogen-bond donors (Lipinski definition) is 0. The Morgan fingerprint density at radius 1 is 1.24 bits per heavy atom. The zero-order valence-corrected chi connectivity index (χ0v) is 19.7. The van der Waals surface area contributed by atoms with Crippen molar-refractivity contribution in [2.75, 3.05) is 18.9 Å². The maximum Gasteiger partial charge on any atom is 0.333 e. The number of rotatable bonds is 6. The molecule has 0 fully saturated rings. The summed E-state index contributed by atoms with van der Waals surface area (Å²) in [5.74, 6) is 0.353. The number of benzene rings is 2. The second-order valence-corrected chi connectivity index (χ2v) is 9.31. The highest BCUT2D eigenvalue weighted by molar-refractivity contribution is 9.10. The highest BCUT2D eigenvalue weighted by Gasteiger charge is 2.36. The molecule has 4 nitrogen and oxygen atoms in total. The molecule has 1 atom stereocenters. The largest absolute Gasteiger partial charge is 0.464 e. The molecule has 154 valence electrons. The summed E-state index contributed by atoms with van der Waals surface area (Å²) >= 11 is 17.1. The van der Waals surface area contributed by atoms with Gasteiger partial charge in [0.05, 0.1) is 12.4 Å². The highest BCUT2D eigenvalue weighted by Crippen LogP contribution is 2.33. The van der Waals surface area contributed by atoms with Gasteiger partial charge in [-0.25, -0.2) is 4.79 Å². The van der Waals surface area contributed by atoms with Crippen LogP contribution in [0.3, 0.4) is 0 Å². The average molecular weight is 517 g/mol. The number of hydrogen-bond acceptors (Lipinski definition) is 4. The number of amides is 1. The van der Waals surface area contributed by atoms with Gasteiger partial charge in [0.25, 0.3) is 0 Å². The first-order valence-corrected chi connectivity index (χ1v) is 11.9. The average Bonchev–Trinajstić information content (AvgIpc) is 2.68. The topological polar surface area (TPSA) is 46.6 Å². The first kappa shape index (κ1) is 22.5. The third kappa shape index (κ3) is 5.48. The van der Waals surface area contributed by atoms with Crippen LogP contribution in [0.2, 0.25) is 10.0 Å². The highest BCUT2D eigenvalue weighted by atomic mass is 79.9. The van der Waals surface area contributed by atoms with Crippen molar-refractivity contribution < 1.29 is 14.3 Å². The summed E-state index contributed by atoms with van der Waals surface area (Å²) in [6, 6.07) is 10.4. The number of esters is 1. The van der Waals surface area contributed by atoms with E-state index < -0.39 is 12.0 Å². The van der Waals surface area contributed by atoms with E-state index in [-0.39, 0.29) is 18.3 Å². The van der Waals surface area contributed by atoms with E-state index in [1.807, 2.05) is 24.3 Å². The molecule has 1 aliphatic rings. The van der Waals surface area contributed by atoms with Gasteiger partial charge >= 0.3 is 5.97 Å². The Hall–Kier alpha value is -1.21. The number of ether oxygens (including phenoxy) is 1. The number of carbonyl (C=O) groups excluding carboxylic acids is 2. The standard InChI is InChI=1S/C21H20BrCl2NO3S/c1-2-28-21(27)20-17-6-4-15(22)9-13(17)7-8-25(20)19(26)12-29-11-14-3-5-16(23)10-18(14)24/h3-6,9-10,20H,2,7-8,11-12H2,1H3. The number of halogens is 3. The second kappa shape index (κ2) is 10.2. The maximum absolute atomic E-state index is 13.0. The molecule has 1 heterocycles. The van der Waals surface area contributed by atoms with Gasteiger partial charge in [0.2, 0.25) is 5.91 Å². The lowest BCUT2D eigenvalue weighted by Gasteiger charge is -2.35. The molecule has 0 spiro atoms. The normalized spacial score (nSPS) is 15.7. The number of nitrogens with zero attached hydrogens (tertiary/aromatic N) is 1. The molecule has 1 unspecified atom stereocenters. The first-order valence-electron chi connectivity index (χ1n) is 9.16. The van der Waals surface area contributed by atoms with E-state index in [4.69, 9.17) is 27.9 Å². The van der Waals surface area contributed by atoms with Crippen molar-refractivity contribution >= 4 is 62.8 Å². The van der Waals surface area contributed by atoms with E-state index in [2.05, 4.69) is 15.9 Å². The molecule has 2 aromatic carbocycles. The SMILES string of the molecule is CCOC(=O)C1c2ccc(Br)cc2CCN1C(=O)CSCc1ccc(Cl)cc1Cl. The van der Waals surface area contributed by atoms with Crippen LogP contribution < -0.4 is 0 Å². The van der Waals surface area contributed by atoms with E-state index in [0.29, 0.717) is 28.8 Å². The second-order valence-electron chi connectivity index (χ2n) is 6.56. The van der Waals surface area contributed by atoms with Crippen LogP contribution in [-0.4, -0.2) is 35.7 Å². The Morgan fingerprint density at radius 3 is 2.76 bits per heavy atom. The predicted octanol–water partition coefficient (Wildman–Crippen LogP) is 5.68. The van der Waals surface area contributed by atoms with Crippen molar-refractivity contribution in [3.05, 3.63) is 67.6 Å². The van der Waals surface area contributed by atoms with E-state index in [1.54, 1.807) is 24.0 Å². The fourth-order valence-electron chi connectivity index (χ4n) is 3.31. The van der Waals surface area contributed by atoms with Gasteiger partial charge < -0.3 is 9.64 Å². The minimum absolute atomic E-state index is 0.0910. The molecular formula is C21H20BrCl2NO3S. The van der Waals surface area contributed by atoms with Crippen LogP contribution in [0, 0.1) is 0 Å². The fraction of sp³-hybridized carbons (Fsp3) is 0.333. The van der Waals surface area contributed by atoms with Crippen molar-refractivity contribution in [3.63, 3.8) is 0 Å². The van der Waals surface area contributed by atoms with Crippen molar-refractivity contribution in [1.29, 1.82) is 0 Å². The Morgan fingerprint density at radius 2 is 2.03 bits per heavy atom. The third-order valence-corrected chi connectivity index (χ3v) is 6.71. The van der Waals surface area contributed by atoms with Gasteiger partial charge in [-0.2, -0.15) is 0 Å². The smallest absolute Gasteiger partial charge is 0.333 e. The van der Waals surface area contributed by atoms with Crippen LogP contribution in [0.15, 0.2) is 40.9 Å². The number of thioether (sulfide) groups is 1. The van der Waals surface area contributed by atoms with Crippen molar-refractivity contribution in [2.45, 2.75) is 25.1 Å². The fourth-order valence-corrected chi connectivity index (χ4v) is 5.19. The third-order valence-electron chi connectivity index (χ3n) is 4.66. The molecule has 3 rings (SSSR count). The van der Waals surface area contributed by atoms with Gasteiger partial charge in [0, 0.05) is 26.8 Å².